The summed E-state index contributed by atoms with van der Waals surface area (Å²) in [4.78, 5) is 8.57. The summed E-state index contributed by atoms with van der Waals surface area (Å²) < 4.78 is 2.02. The first kappa shape index (κ1) is 11.4. The lowest BCUT2D eigenvalue weighted by Crippen LogP contribution is -2.02. The zero-order chi connectivity index (χ0) is 12.3. The second-order valence-corrected chi connectivity index (χ2v) is 4.02. The summed E-state index contributed by atoms with van der Waals surface area (Å²) in [7, 11) is 0. The smallest absolute Gasteiger partial charge is 0.207 e. The number of hydrogen-bond acceptors (Lipinski definition) is 3. The van der Waals surface area contributed by atoms with Crippen LogP contribution in [-0.4, -0.2) is 14.5 Å². The highest BCUT2D eigenvalue weighted by Crippen LogP contribution is 2.16. The Bertz CT molecular complexity index is 528. The summed E-state index contributed by atoms with van der Waals surface area (Å²) in [5, 5.41) is 3.26. The molecule has 0 aliphatic rings. The number of imidazole rings is 1. The Balaban J connectivity index is 2.26. The van der Waals surface area contributed by atoms with Gasteiger partial charge >= 0.3 is 0 Å². The summed E-state index contributed by atoms with van der Waals surface area (Å²) in [6.45, 7) is 8.46. The Morgan fingerprint density at radius 2 is 2.24 bits per heavy atom. The molecule has 2 aromatic rings. The second-order valence-electron chi connectivity index (χ2n) is 4.02. The van der Waals surface area contributed by atoms with E-state index < -0.39 is 0 Å². The highest BCUT2D eigenvalue weighted by atomic mass is 15.2. The van der Waals surface area contributed by atoms with Crippen molar-refractivity contribution in [3.05, 3.63) is 48.6 Å². The van der Waals surface area contributed by atoms with Gasteiger partial charge in [-0.2, -0.15) is 0 Å². The highest BCUT2D eigenvalue weighted by molar-refractivity contribution is 5.53. The van der Waals surface area contributed by atoms with Gasteiger partial charge in [-0.05, 0) is 25.5 Å². The number of aromatic nitrogens is 3. The number of aryl methyl sites for hydroxylation is 2. The average molecular weight is 228 g/mol. The first-order chi connectivity index (χ1) is 8.19. The zero-order valence-corrected chi connectivity index (χ0v) is 10.1. The second kappa shape index (κ2) is 4.82. The molecule has 88 valence electrons. The molecule has 0 radical (unpaired) electrons. The lowest BCUT2D eigenvalue weighted by atomic mass is 10.3. The van der Waals surface area contributed by atoms with Crippen LogP contribution in [0.3, 0.4) is 0 Å². The van der Waals surface area contributed by atoms with E-state index in [2.05, 4.69) is 21.9 Å². The fourth-order valence-corrected chi connectivity index (χ4v) is 1.68. The molecular formula is C13H16N4. The van der Waals surface area contributed by atoms with Crippen molar-refractivity contribution in [1.29, 1.82) is 0 Å². The molecule has 0 amide bonds. The molecule has 4 heteroatoms. The predicted octanol–water partition coefficient (Wildman–Crippen LogP) is 2.82. The van der Waals surface area contributed by atoms with Crippen LogP contribution in [0.2, 0.25) is 0 Å². The summed E-state index contributed by atoms with van der Waals surface area (Å²) in [6.07, 6.45) is 7.45. The quantitative estimate of drug-likeness (QED) is 0.818. The van der Waals surface area contributed by atoms with Crippen molar-refractivity contribution in [3.63, 3.8) is 0 Å². The fourth-order valence-electron chi connectivity index (χ4n) is 1.68. The number of hydrogen-bond donors (Lipinski definition) is 1. The van der Waals surface area contributed by atoms with Gasteiger partial charge < -0.3 is 9.88 Å². The molecule has 0 saturated heterocycles. The predicted molar refractivity (Wildman–Crippen MR) is 69.4 cm³/mol. The Morgan fingerprint density at radius 1 is 1.41 bits per heavy atom. The van der Waals surface area contributed by atoms with Crippen molar-refractivity contribution >= 4 is 11.6 Å². The Morgan fingerprint density at radius 3 is 2.94 bits per heavy atom. The molecule has 0 saturated carbocycles. The highest BCUT2D eigenvalue weighted by Gasteiger charge is 2.04. The average Bonchev–Trinajstić information content (AvgIpc) is 2.59. The van der Waals surface area contributed by atoms with Crippen LogP contribution in [0.1, 0.15) is 11.3 Å². The van der Waals surface area contributed by atoms with Crippen LogP contribution in [0.15, 0.2) is 37.3 Å². The van der Waals surface area contributed by atoms with E-state index in [1.807, 2.05) is 43.0 Å². The minimum absolute atomic E-state index is 0.739. The standard InChI is InChI=1S/C13H16N4/c1-4-5-17-9-11(3)15-13(17)16-12-6-10(2)7-14-8-12/h4,6-9H,1,5H2,2-3H3,(H,15,16). The van der Waals surface area contributed by atoms with E-state index in [0.717, 1.165) is 29.4 Å². The van der Waals surface area contributed by atoms with E-state index in [1.165, 1.54) is 0 Å². The molecule has 0 unspecified atom stereocenters. The topological polar surface area (TPSA) is 42.7 Å². The maximum atomic E-state index is 4.43. The first-order valence-corrected chi connectivity index (χ1v) is 5.52. The summed E-state index contributed by atoms with van der Waals surface area (Å²) in [5.74, 6) is 0.815. The SMILES string of the molecule is C=CCn1cc(C)nc1Nc1cncc(C)c1. The number of anilines is 2. The monoisotopic (exact) mass is 228 g/mol. The van der Waals surface area contributed by atoms with E-state index in [4.69, 9.17) is 0 Å². The number of nitrogens with one attached hydrogen (secondary N) is 1. The minimum Gasteiger partial charge on any atom is -0.324 e. The summed E-state index contributed by atoms with van der Waals surface area (Å²) >= 11 is 0. The molecule has 0 aliphatic heterocycles. The molecule has 0 spiro atoms. The number of rotatable bonds is 4. The van der Waals surface area contributed by atoms with E-state index in [-0.39, 0.29) is 0 Å². The molecule has 0 fully saturated rings. The zero-order valence-electron chi connectivity index (χ0n) is 10.1. The molecule has 2 aromatic heterocycles. The van der Waals surface area contributed by atoms with Crippen molar-refractivity contribution in [3.8, 4) is 0 Å². The van der Waals surface area contributed by atoms with Crippen molar-refractivity contribution in [2.75, 3.05) is 5.32 Å². The lowest BCUT2D eigenvalue weighted by Gasteiger charge is -2.07. The van der Waals surface area contributed by atoms with Gasteiger partial charge in [-0.15, -0.1) is 6.58 Å². The van der Waals surface area contributed by atoms with Gasteiger partial charge in [-0.25, -0.2) is 4.98 Å². The summed E-state index contributed by atoms with van der Waals surface area (Å²) in [6, 6.07) is 2.04. The normalized spacial score (nSPS) is 10.2. The third-order valence-electron chi connectivity index (χ3n) is 2.35. The molecule has 17 heavy (non-hydrogen) atoms. The van der Waals surface area contributed by atoms with Crippen molar-refractivity contribution < 1.29 is 0 Å². The fraction of sp³-hybridized carbons (Fsp3) is 0.231. The third kappa shape index (κ3) is 2.72. The Labute approximate surface area is 101 Å². The number of nitrogens with zero attached hydrogens (tertiary/aromatic N) is 3. The molecule has 0 aliphatic carbocycles. The first-order valence-electron chi connectivity index (χ1n) is 5.52. The van der Waals surface area contributed by atoms with Crippen LogP contribution in [0.5, 0.6) is 0 Å². The molecular weight excluding hydrogens is 212 g/mol. The molecule has 2 rings (SSSR count). The van der Waals surface area contributed by atoms with E-state index >= 15 is 0 Å². The molecule has 0 bridgehead atoms. The van der Waals surface area contributed by atoms with E-state index in [0.29, 0.717) is 0 Å². The number of allylic oxidation sites excluding steroid dienone is 1. The maximum absolute atomic E-state index is 4.43. The Kier molecular flexibility index (Phi) is 3.23. The van der Waals surface area contributed by atoms with Gasteiger partial charge in [0, 0.05) is 18.9 Å². The van der Waals surface area contributed by atoms with E-state index in [9.17, 15) is 0 Å². The largest absolute Gasteiger partial charge is 0.324 e. The molecule has 0 aromatic carbocycles. The van der Waals surface area contributed by atoms with Crippen molar-refractivity contribution in [1.82, 2.24) is 14.5 Å². The van der Waals surface area contributed by atoms with Gasteiger partial charge in [0.1, 0.15) is 0 Å². The molecule has 1 N–H and O–H groups in total. The van der Waals surface area contributed by atoms with Crippen LogP contribution < -0.4 is 5.32 Å². The van der Waals surface area contributed by atoms with Gasteiger partial charge in [0.15, 0.2) is 0 Å². The third-order valence-corrected chi connectivity index (χ3v) is 2.35. The Hall–Kier alpha value is -2.10. The van der Waals surface area contributed by atoms with Gasteiger partial charge in [-0.1, -0.05) is 6.08 Å². The van der Waals surface area contributed by atoms with Crippen molar-refractivity contribution in [2.24, 2.45) is 0 Å². The van der Waals surface area contributed by atoms with Crippen LogP contribution >= 0.6 is 0 Å². The molecule has 2 heterocycles. The van der Waals surface area contributed by atoms with Gasteiger partial charge in [0.25, 0.3) is 0 Å². The molecule has 0 atom stereocenters. The molecule has 4 nitrogen and oxygen atoms in total. The van der Waals surface area contributed by atoms with E-state index in [1.54, 1.807) is 6.20 Å². The number of pyridine rings is 1. The maximum Gasteiger partial charge on any atom is 0.207 e. The van der Waals surface area contributed by atoms with Crippen molar-refractivity contribution in [2.45, 2.75) is 20.4 Å². The van der Waals surface area contributed by atoms with Crippen LogP contribution in [0.4, 0.5) is 11.6 Å². The van der Waals surface area contributed by atoms with Crippen LogP contribution in [0, 0.1) is 13.8 Å². The van der Waals surface area contributed by atoms with Gasteiger partial charge in [0.05, 0.1) is 17.6 Å². The van der Waals surface area contributed by atoms with Crippen LogP contribution in [0.25, 0.3) is 0 Å². The lowest BCUT2D eigenvalue weighted by molar-refractivity contribution is 0.832. The van der Waals surface area contributed by atoms with Gasteiger partial charge in [0.2, 0.25) is 5.95 Å². The van der Waals surface area contributed by atoms with Gasteiger partial charge in [-0.3, -0.25) is 4.98 Å². The minimum atomic E-state index is 0.739. The van der Waals surface area contributed by atoms with Crippen LogP contribution in [-0.2, 0) is 6.54 Å². The summed E-state index contributed by atoms with van der Waals surface area (Å²) in [5.41, 5.74) is 3.05.